The fourth-order valence-corrected chi connectivity index (χ4v) is 4.54. The number of alkyl halides is 1. The number of hydrogen-bond donors (Lipinski definition) is 3. The highest BCUT2D eigenvalue weighted by Crippen LogP contribution is 2.52. The molecule has 0 aromatic carbocycles. The van der Waals surface area contributed by atoms with Gasteiger partial charge in [-0.3, -0.25) is 18.9 Å². The van der Waals surface area contributed by atoms with E-state index in [4.69, 9.17) is 37.3 Å². The highest BCUT2D eigenvalue weighted by atomic mass is 31.2. The van der Waals surface area contributed by atoms with Crippen LogP contribution in [0.4, 0.5) is 14.0 Å². The summed E-state index contributed by atoms with van der Waals surface area (Å²) in [7, 11) is -2.15. The van der Waals surface area contributed by atoms with E-state index in [1.54, 1.807) is 0 Å². The number of halogens is 1. The van der Waals surface area contributed by atoms with Gasteiger partial charge in [-0.1, -0.05) is 0 Å². The van der Waals surface area contributed by atoms with Gasteiger partial charge in [0.2, 0.25) is 13.6 Å². The van der Waals surface area contributed by atoms with E-state index in [1.807, 2.05) is 4.98 Å². The lowest BCUT2D eigenvalue weighted by Gasteiger charge is -2.31. The number of aromatic amines is 1. The molecule has 0 bridgehead atoms. The summed E-state index contributed by atoms with van der Waals surface area (Å²) in [6.07, 6.45) is -5.54. The van der Waals surface area contributed by atoms with Crippen molar-refractivity contribution in [3.8, 4) is 0 Å². The molecule has 3 N–H and O–H groups in total. The second-order valence-electron chi connectivity index (χ2n) is 9.11. The summed E-state index contributed by atoms with van der Waals surface area (Å²) in [4.78, 5) is 49.1. The smallest absolute Gasteiger partial charge is 0.432 e. The number of nitrogens with zero attached hydrogens (tertiary/aromatic N) is 1. The quantitative estimate of drug-likeness (QED) is 0.0685. The van der Waals surface area contributed by atoms with Crippen LogP contribution in [0.1, 0.15) is 13.2 Å². The molecule has 0 aliphatic carbocycles. The highest BCUT2D eigenvalue weighted by molar-refractivity contribution is 7.48. The molecule has 22 heteroatoms. The van der Waals surface area contributed by atoms with Crippen molar-refractivity contribution in [2.75, 3.05) is 80.7 Å². The Morgan fingerprint density at radius 2 is 1.53 bits per heavy atom. The predicted molar refractivity (Wildman–Crippen MR) is 142 cm³/mol. The molecule has 258 valence electrons. The zero-order valence-electron chi connectivity index (χ0n) is 24.6. The lowest BCUT2D eigenvalue weighted by Crippen LogP contribution is -2.53. The van der Waals surface area contributed by atoms with Crippen LogP contribution in [0.15, 0.2) is 21.9 Å². The molecule has 1 fully saturated rings. The molecule has 2 rings (SSSR count). The normalized spacial score (nSPS) is 24.1. The molecular weight excluding hydrogens is 642 g/mol. The van der Waals surface area contributed by atoms with Crippen LogP contribution in [0, 0.1) is 0 Å². The van der Waals surface area contributed by atoms with Crippen LogP contribution in [0.3, 0.4) is 0 Å². The molecule has 1 aromatic heterocycles. The van der Waals surface area contributed by atoms with E-state index >= 15 is 0 Å². The van der Waals surface area contributed by atoms with Crippen LogP contribution in [-0.4, -0.2) is 130 Å². The number of carbonyl (C=O) groups excluding carboxylic acids is 2. The molecule has 1 aliphatic rings. The van der Waals surface area contributed by atoms with Gasteiger partial charge < -0.3 is 48.1 Å². The maximum absolute atomic E-state index is 14.5. The first-order valence-corrected chi connectivity index (χ1v) is 14.4. The third-order valence-corrected chi connectivity index (χ3v) is 7.15. The van der Waals surface area contributed by atoms with E-state index in [9.17, 15) is 38.3 Å². The monoisotopic (exact) mass is 678 g/mol. The Kier molecular flexibility index (Phi) is 15.5. The van der Waals surface area contributed by atoms with Gasteiger partial charge in [0, 0.05) is 26.5 Å². The number of rotatable bonds is 20. The van der Waals surface area contributed by atoms with Crippen LogP contribution in [0.2, 0.25) is 0 Å². The molecule has 20 nitrogen and oxygen atoms in total. The molecule has 1 saturated heterocycles. The Labute approximate surface area is 254 Å². The minimum Gasteiger partial charge on any atom is -0.432 e. The molecule has 2 heterocycles. The van der Waals surface area contributed by atoms with Gasteiger partial charge >= 0.3 is 25.8 Å². The van der Waals surface area contributed by atoms with E-state index < -0.39 is 81.8 Å². The summed E-state index contributed by atoms with van der Waals surface area (Å²) in [6.45, 7) is -3.81. The number of carbonyl (C=O) groups is 2. The van der Waals surface area contributed by atoms with Crippen LogP contribution >= 0.6 is 7.82 Å². The van der Waals surface area contributed by atoms with Crippen LogP contribution in [0.25, 0.3) is 0 Å². The van der Waals surface area contributed by atoms with Gasteiger partial charge in [-0.15, -0.1) is 0 Å². The molecule has 1 unspecified atom stereocenters. The Balaban J connectivity index is 2.10. The highest BCUT2D eigenvalue weighted by Gasteiger charge is 2.63. The Bertz CT molecular complexity index is 1240. The van der Waals surface area contributed by atoms with Gasteiger partial charge in [-0.05, 0) is 6.92 Å². The maximum atomic E-state index is 14.5. The topological polar surface area (TPSA) is 248 Å². The van der Waals surface area contributed by atoms with Crippen LogP contribution < -0.4 is 11.2 Å². The van der Waals surface area contributed by atoms with Crippen molar-refractivity contribution in [1.82, 2.24) is 9.55 Å². The first-order valence-electron chi connectivity index (χ1n) is 13.0. The molecule has 0 saturated carbocycles. The average Bonchev–Trinajstić information content (AvgIpc) is 3.19. The lowest BCUT2D eigenvalue weighted by molar-refractivity contribution is -0.141. The average molecular weight is 679 g/mol. The number of ether oxygens (including phenoxy) is 8. The number of phosphoric acid groups is 1. The van der Waals surface area contributed by atoms with Gasteiger partial charge in [0.25, 0.3) is 5.56 Å². The number of aliphatic hydroxyl groups is 2. The minimum atomic E-state index is -4.98. The van der Waals surface area contributed by atoms with Crippen molar-refractivity contribution >= 4 is 20.1 Å². The number of nitrogens with one attached hydrogen (secondary N) is 1. The Hall–Kier alpha value is -2.98. The van der Waals surface area contributed by atoms with Crippen molar-refractivity contribution in [2.45, 2.75) is 30.5 Å². The number of phosphoric ester groups is 1. The van der Waals surface area contributed by atoms with Crippen molar-refractivity contribution in [3.05, 3.63) is 33.1 Å². The lowest BCUT2D eigenvalue weighted by atomic mass is 9.88. The van der Waals surface area contributed by atoms with E-state index in [0.717, 1.165) is 19.2 Å². The molecule has 1 aliphatic heterocycles. The van der Waals surface area contributed by atoms with E-state index in [-0.39, 0.29) is 33.0 Å². The summed E-state index contributed by atoms with van der Waals surface area (Å²) < 4.78 is 82.1. The van der Waals surface area contributed by atoms with Gasteiger partial charge in [-0.2, -0.15) is 0 Å². The fraction of sp³-hybridized carbons (Fsp3) is 0.739. The third-order valence-electron chi connectivity index (χ3n) is 5.86. The number of H-pyrrole nitrogens is 1. The number of aliphatic hydroxyl groups excluding tert-OH is 1. The van der Waals surface area contributed by atoms with E-state index in [1.165, 1.54) is 14.2 Å². The summed E-state index contributed by atoms with van der Waals surface area (Å²) in [6, 6.07) is 0.911. The number of aromatic nitrogens is 2. The molecular formula is C23H36FN2O18P. The van der Waals surface area contributed by atoms with E-state index in [0.29, 0.717) is 11.2 Å². The van der Waals surface area contributed by atoms with Crippen molar-refractivity contribution in [1.29, 1.82) is 0 Å². The first kappa shape index (κ1) is 38.2. The third kappa shape index (κ3) is 11.4. The Morgan fingerprint density at radius 3 is 2.09 bits per heavy atom. The van der Waals surface area contributed by atoms with Gasteiger partial charge in [0.15, 0.2) is 11.8 Å². The zero-order valence-corrected chi connectivity index (χ0v) is 25.5. The van der Waals surface area contributed by atoms with E-state index in [2.05, 4.69) is 14.2 Å². The Morgan fingerprint density at radius 1 is 0.978 bits per heavy atom. The summed E-state index contributed by atoms with van der Waals surface area (Å²) in [5, 5.41) is 21.8. The maximum Gasteiger partial charge on any atom is 0.510 e. The fourth-order valence-electron chi connectivity index (χ4n) is 3.58. The van der Waals surface area contributed by atoms with Crippen LogP contribution in [0.5, 0.6) is 0 Å². The van der Waals surface area contributed by atoms with Gasteiger partial charge in [-0.25, -0.2) is 32.4 Å². The largest absolute Gasteiger partial charge is 0.510 e. The van der Waals surface area contributed by atoms with Crippen LogP contribution in [-0.2, 0) is 56.0 Å². The molecule has 1 aromatic rings. The number of methoxy groups -OCH3 is 2. The van der Waals surface area contributed by atoms with Crippen molar-refractivity contribution < 1.29 is 80.2 Å². The molecule has 0 amide bonds. The molecule has 45 heavy (non-hydrogen) atoms. The second kappa shape index (κ2) is 18.2. The van der Waals surface area contributed by atoms with Gasteiger partial charge in [0.1, 0.15) is 31.6 Å². The number of hydrogen-bond acceptors (Lipinski definition) is 18. The molecule has 5 atom stereocenters. The van der Waals surface area contributed by atoms with Gasteiger partial charge in [0.05, 0.1) is 33.0 Å². The summed E-state index contributed by atoms with van der Waals surface area (Å²) >= 11 is 0. The second-order valence-corrected chi connectivity index (χ2v) is 10.8. The standard InChI is InChI=1S/C23H36FN2O18P/c1-22(32)17(28)23(12-24,44-18(22)26-5-4-16(27)25-19(26)29)13-41-45(33,42-14-39-20(30)37-10-7-35-3)43-15-40-21(31)38-11-9-36-8-6-34-2/h4-5,17-18,28,32H,6-15H2,1-3H3,(H,25,27,29)/t17-,18+,22+,23+,45?/m0/s1. The molecule has 0 spiro atoms. The SMILES string of the molecule is COCCOCCOC(=O)OCOP(=O)(OCOC(=O)OCCOC)OC[C@@]1(CF)O[C@@H](n2ccc(=O)[nH]c2=O)[C@](C)(O)[C@@H]1O. The first-order chi connectivity index (χ1) is 21.3. The summed E-state index contributed by atoms with van der Waals surface area (Å²) in [5.74, 6) is 0. The molecule has 0 radical (unpaired) electrons. The predicted octanol–water partition coefficient (Wildman–Crippen LogP) is -0.426. The van der Waals surface area contributed by atoms with Crippen molar-refractivity contribution in [2.24, 2.45) is 0 Å². The summed E-state index contributed by atoms with van der Waals surface area (Å²) in [5.41, 5.74) is -6.73. The zero-order chi connectivity index (χ0) is 33.5. The minimum absolute atomic E-state index is 0.00541. The van der Waals surface area contributed by atoms with Crippen molar-refractivity contribution in [3.63, 3.8) is 0 Å².